The zero-order valence-electron chi connectivity index (χ0n) is 14.5. The van der Waals surface area contributed by atoms with Gasteiger partial charge in [0.15, 0.2) is 0 Å². The van der Waals surface area contributed by atoms with Gasteiger partial charge in [0.2, 0.25) is 0 Å². The van der Waals surface area contributed by atoms with Crippen molar-refractivity contribution in [3.8, 4) is 5.75 Å². The number of carbonyl (C=O) groups is 1. The maximum atomic E-state index is 12.3. The number of rotatable bonds is 6. The first kappa shape index (κ1) is 17.6. The van der Waals surface area contributed by atoms with Crippen LogP contribution in [0.4, 0.5) is 4.79 Å². The van der Waals surface area contributed by atoms with Crippen molar-refractivity contribution in [3.05, 3.63) is 29.8 Å². The van der Waals surface area contributed by atoms with Gasteiger partial charge in [-0.2, -0.15) is 0 Å². The summed E-state index contributed by atoms with van der Waals surface area (Å²) in [6.07, 6.45) is 1.88. The number of phenolic OH excluding ortho intramolecular Hbond substituents is 1. The van der Waals surface area contributed by atoms with E-state index in [1.54, 1.807) is 12.1 Å². The monoisotopic (exact) mass is 320 g/mol. The lowest BCUT2D eigenvalue weighted by atomic mass is 10.1. The first-order valence-corrected chi connectivity index (χ1v) is 8.28. The number of nitrogens with one attached hydrogen (secondary N) is 1. The van der Waals surface area contributed by atoms with E-state index in [2.05, 4.69) is 5.32 Å². The van der Waals surface area contributed by atoms with Gasteiger partial charge in [0.05, 0.1) is 0 Å². The number of nitrogens with zero attached hydrogens (tertiary/aromatic N) is 1. The van der Waals surface area contributed by atoms with E-state index < -0.39 is 5.60 Å². The second-order valence-electron chi connectivity index (χ2n) is 7.18. The maximum Gasteiger partial charge on any atom is 0.410 e. The van der Waals surface area contributed by atoms with E-state index in [4.69, 9.17) is 4.74 Å². The van der Waals surface area contributed by atoms with Gasteiger partial charge in [-0.15, -0.1) is 0 Å². The molecule has 1 aromatic rings. The fourth-order valence-electron chi connectivity index (χ4n) is 2.44. The fraction of sp³-hybridized carbons (Fsp3) is 0.611. The largest absolute Gasteiger partial charge is 0.508 e. The average Bonchev–Trinajstić information content (AvgIpc) is 3.25. The van der Waals surface area contributed by atoms with E-state index in [1.165, 1.54) is 0 Å². The third-order valence-electron chi connectivity index (χ3n) is 3.79. The molecule has 5 nitrogen and oxygen atoms in total. The molecular weight excluding hydrogens is 292 g/mol. The Morgan fingerprint density at radius 1 is 1.43 bits per heavy atom. The Morgan fingerprint density at radius 3 is 2.70 bits per heavy atom. The number of aromatic hydroxyl groups is 1. The van der Waals surface area contributed by atoms with Gasteiger partial charge in [-0.05, 0) is 58.2 Å². The van der Waals surface area contributed by atoms with Crippen LogP contribution in [0.1, 0.15) is 52.1 Å². The average molecular weight is 320 g/mol. The molecule has 0 heterocycles. The summed E-state index contributed by atoms with van der Waals surface area (Å²) in [5, 5.41) is 12.9. The molecule has 1 unspecified atom stereocenters. The van der Waals surface area contributed by atoms with Crippen molar-refractivity contribution in [2.75, 3.05) is 13.1 Å². The molecule has 1 aromatic carbocycles. The molecule has 1 aliphatic carbocycles. The van der Waals surface area contributed by atoms with Crippen LogP contribution in [0.5, 0.6) is 5.75 Å². The Bertz CT molecular complexity index is 535. The van der Waals surface area contributed by atoms with Crippen LogP contribution in [0.15, 0.2) is 24.3 Å². The van der Waals surface area contributed by atoms with Gasteiger partial charge in [0.1, 0.15) is 11.4 Å². The Kier molecular flexibility index (Phi) is 5.52. The zero-order valence-corrected chi connectivity index (χ0v) is 14.5. The van der Waals surface area contributed by atoms with Crippen molar-refractivity contribution in [1.82, 2.24) is 10.2 Å². The van der Waals surface area contributed by atoms with Gasteiger partial charge in [-0.3, -0.25) is 0 Å². The highest BCUT2D eigenvalue weighted by Gasteiger charge is 2.34. The molecule has 128 valence electrons. The van der Waals surface area contributed by atoms with Gasteiger partial charge in [0, 0.05) is 25.2 Å². The van der Waals surface area contributed by atoms with Gasteiger partial charge in [-0.25, -0.2) is 4.79 Å². The maximum absolute atomic E-state index is 12.3. The molecule has 0 saturated heterocycles. The predicted molar refractivity (Wildman–Crippen MR) is 90.5 cm³/mol. The minimum Gasteiger partial charge on any atom is -0.508 e. The Balaban J connectivity index is 1.84. The lowest BCUT2D eigenvalue weighted by Crippen LogP contribution is -2.42. The minimum atomic E-state index is -0.466. The van der Waals surface area contributed by atoms with E-state index in [1.807, 2.05) is 44.7 Å². The van der Waals surface area contributed by atoms with E-state index >= 15 is 0 Å². The summed E-state index contributed by atoms with van der Waals surface area (Å²) in [4.78, 5) is 14.1. The van der Waals surface area contributed by atoms with Gasteiger partial charge < -0.3 is 20.1 Å². The first-order chi connectivity index (χ1) is 10.8. The molecule has 1 saturated carbocycles. The quantitative estimate of drug-likeness (QED) is 0.843. The van der Waals surface area contributed by atoms with Crippen molar-refractivity contribution < 1.29 is 14.6 Å². The Hall–Kier alpha value is -1.75. The van der Waals surface area contributed by atoms with Crippen LogP contribution >= 0.6 is 0 Å². The van der Waals surface area contributed by atoms with Crippen molar-refractivity contribution in [2.45, 2.75) is 58.2 Å². The fourth-order valence-corrected chi connectivity index (χ4v) is 2.44. The van der Waals surface area contributed by atoms with Crippen LogP contribution in [-0.2, 0) is 4.74 Å². The lowest BCUT2D eigenvalue weighted by molar-refractivity contribution is 0.0235. The van der Waals surface area contributed by atoms with Crippen molar-refractivity contribution >= 4 is 6.09 Å². The summed E-state index contributed by atoms with van der Waals surface area (Å²) in [6, 6.07) is 7.66. The van der Waals surface area contributed by atoms with Crippen molar-refractivity contribution in [2.24, 2.45) is 0 Å². The van der Waals surface area contributed by atoms with Gasteiger partial charge >= 0.3 is 6.09 Å². The standard InChI is InChI=1S/C18H28N2O3/c1-13(14-6-5-7-16(21)12-14)19-10-11-20(15-8-9-15)17(22)23-18(2,3)4/h5-7,12-13,15,19,21H,8-11H2,1-4H3. The second kappa shape index (κ2) is 7.21. The molecule has 0 bridgehead atoms. The molecule has 1 atom stereocenters. The molecule has 0 aromatic heterocycles. The number of phenols is 1. The highest BCUT2D eigenvalue weighted by Crippen LogP contribution is 2.28. The second-order valence-corrected chi connectivity index (χ2v) is 7.18. The number of ether oxygens (including phenoxy) is 1. The molecule has 0 radical (unpaired) electrons. The summed E-state index contributed by atoms with van der Waals surface area (Å²) < 4.78 is 5.49. The smallest absolute Gasteiger partial charge is 0.410 e. The molecule has 0 aliphatic heterocycles. The summed E-state index contributed by atoms with van der Waals surface area (Å²) in [5.74, 6) is 0.268. The minimum absolute atomic E-state index is 0.113. The molecule has 23 heavy (non-hydrogen) atoms. The summed E-state index contributed by atoms with van der Waals surface area (Å²) in [7, 11) is 0. The van der Waals surface area contributed by atoms with Crippen LogP contribution < -0.4 is 5.32 Å². The third-order valence-corrected chi connectivity index (χ3v) is 3.79. The summed E-state index contributed by atoms with van der Waals surface area (Å²) in [5.41, 5.74) is 0.562. The van der Waals surface area contributed by atoms with Crippen LogP contribution in [0.25, 0.3) is 0 Å². The number of carbonyl (C=O) groups excluding carboxylic acids is 1. The highest BCUT2D eigenvalue weighted by molar-refractivity contribution is 5.69. The van der Waals surface area contributed by atoms with Gasteiger partial charge in [-0.1, -0.05) is 12.1 Å². The number of benzene rings is 1. The lowest BCUT2D eigenvalue weighted by Gasteiger charge is -2.28. The van der Waals surface area contributed by atoms with Crippen LogP contribution in [0.3, 0.4) is 0 Å². The molecule has 0 spiro atoms. The summed E-state index contributed by atoms with van der Waals surface area (Å²) >= 11 is 0. The van der Waals surface area contributed by atoms with Crippen LogP contribution in [0, 0.1) is 0 Å². The van der Waals surface area contributed by atoms with Crippen LogP contribution in [0.2, 0.25) is 0 Å². The van der Waals surface area contributed by atoms with Gasteiger partial charge in [0.25, 0.3) is 0 Å². The van der Waals surface area contributed by atoms with Crippen LogP contribution in [-0.4, -0.2) is 40.8 Å². The molecule has 2 rings (SSSR count). The van der Waals surface area contributed by atoms with E-state index in [9.17, 15) is 9.90 Å². The topological polar surface area (TPSA) is 61.8 Å². The third kappa shape index (κ3) is 5.75. The van der Waals surface area contributed by atoms with E-state index in [-0.39, 0.29) is 17.9 Å². The number of hydrogen-bond donors (Lipinski definition) is 2. The molecule has 1 amide bonds. The molecular formula is C18H28N2O3. The van der Waals surface area contributed by atoms with Crippen molar-refractivity contribution in [3.63, 3.8) is 0 Å². The van der Waals surface area contributed by atoms with E-state index in [0.717, 1.165) is 18.4 Å². The summed E-state index contributed by atoms with van der Waals surface area (Å²) in [6.45, 7) is 9.02. The Morgan fingerprint density at radius 2 is 2.13 bits per heavy atom. The SMILES string of the molecule is CC(NCCN(C(=O)OC(C)(C)C)C1CC1)c1cccc(O)c1. The highest BCUT2D eigenvalue weighted by atomic mass is 16.6. The number of hydrogen-bond acceptors (Lipinski definition) is 4. The molecule has 1 fully saturated rings. The molecule has 5 heteroatoms. The zero-order chi connectivity index (χ0) is 17.0. The molecule has 2 N–H and O–H groups in total. The normalized spacial score (nSPS) is 16.0. The molecule has 1 aliphatic rings. The number of amides is 1. The predicted octanol–water partition coefficient (Wildman–Crippen LogP) is 3.44. The van der Waals surface area contributed by atoms with E-state index in [0.29, 0.717) is 19.1 Å². The first-order valence-electron chi connectivity index (χ1n) is 8.28. The Labute approximate surface area is 138 Å². The van der Waals surface area contributed by atoms with Crippen molar-refractivity contribution in [1.29, 1.82) is 0 Å².